The Morgan fingerprint density at radius 2 is 0.338 bits per heavy atom. The Morgan fingerprint density at radius 1 is 0.243 bits per heavy atom. The van der Waals surface area contributed by atoms with Crippen LogP contribution >= 0.6 is 0 Å². The topological polar surface area (TPSA) is 80.9 Å². The number of rotatable bonds is 7. The van der Waals surface area contributed by atoms with Crippen molar-refractivity contribution >= 4 is 48.4 Å². The fourth-order valence-corrected chi connectivity index (χ4v) is 31.5. The second-order valence-electron chi connectivity index (χ2n) is 30.7. The van der Waals surface area contributed by atoms with E-state index in [-0.39, 0.29) is 131 Å². The van der Waals surface area contributed by atoms with Gasteiger partial charge in [0.25, 0.3) is 0 Å². The molecule has 4 N–H and O–H groups in total. The van der Waals surface area contributed by atoms with Gasteiger partial charge in [-0.05, 0) is 133 Å². The first-order chi connectivity index (χ1) is 31.1. The van der Waals surface area contributed by atoms with Gasteiger partial charge < -0.3 is 44.0 Å². The van der Waals surface area contributed by atoms with Crippen molar-refractivity contribution in [2.24, 2.45) is 94.7 Å². The molecule has 4 rings (SSSR count). The summed E-state index contributed by atoms with van der Waals surface area (Å²) in [6, 6.07) is 0. The van der Waals surface area contributed by atoms with Crippen molar-refractivity contribution in [3.05, 3.63) is 23.6 Å². The van der Waals surface area contributed by atoms with Crippen LogP contribution in [0.4, 0.5) is 0 Å². The van der Waals surface area contributed by atoms with Crippen LogP contribution in [0.25, 0.3) is 0 Å². The Balaban J connectivity index is -0.000000146. The van der Waals surface area contributed by atoms with E-state index in [1.807, 2.05) is 12.2 Å². The number of aliphatic hydroxyl groups is 4. The van der Waals surface area contributed by atoms with Crippen molar-refractivity contribution in [2.45, 2.75) is 251 Å². The van der Waals surface area contributed by atoms with Gasteiger partial charge >= 0.3 is 0 Å². The molecule has 0 heterocycles. The predicted molar refractivity (Wildman–Crippen MR) is 336 cm³/mol. The minimum Gasteiger partial charge on any atom is -0.393 e. The summed E-state index contributed by atoms with van der Waals surface area (Å²) < 4.78 is 0. The minimum atomic E-state index is -1.11. The molecular formula is C60H132O4Si6Y4-2. The number of aliphatic hydroxyl groups excluding tert-OH is 2. The SMILES string of the molecule is CC1C(C)C(C)C([Si](C)(C)C)C1C.CC1C(C)C(C)C([Si](C)(C)C)C1C.CC1C(C)C(C)C([Si](C)(C)C)C1C.CC1C(C)C(C)C([Si](C)(C)C)C1C.C[Si](C)(C)[C-]=CC=[C-][Si](C)(C)C.OCO.OCO.[Y].[Y].[Y].[Y]. The van der Waals surface area contributed by atoms with Crippen LogP contribution in [0.5, 0.6) is 0 Å². The second kappa shape index (κ2) is 40.4. The molecule has 0 saturated heterocycles. The van der Waals surface area contributed by atoms with E-state index in [1.165, 1.54) is 0 Å². The van der Waals surface area contributed by atoms with E-state index in [1.54, 1.807) is 0 Å². The van der Waals surface area contributed by atoms with Crippen molar-refractivity contribution < 1.29 is 151 Å². The number of hydrogen-bond acceptors (Lipinski definition) is 4. The van der Waals surface area contributed by atoms with Gasteiger partial charge in [0.15, 0.2) is 0 Å². The molecule has 0 amide bonds. The van der Waals surface area contributed by atoms with Crippen LogP contribution in [0.3, 0.4) is 0 Å². The molecule has 0 aromatic rings. The van der Waals surface area contributed by atoms with Gasteiger partial charge in [-0.1, -0.05) is 229 Å². The smallest absolute Gasteiger partial charge is 0.140 e. The maximum atomic E-state index is 7.12. The summed E-state index contributed by atoms with van der Waals surface area (Å²) in [7, 11) is -5.97. The average Bonchev–Trinajstić information content (AvgIpc) is 3.68. The van der Waals surface area contributed by atoms with Gasteiger partial charge in [0.2, 0.25) is 0 Å². The zero-order chi connectivity index (χ0) is 56.8. The fraction of sp³-hybridized carbons (Fsp3) is 0.933. The van der Waals surface area contributed by atoms with E-state index < -0.39 is 62.0 Å². The molecule has 4 saturated carbocycles. The van der Waals surface area contributed by atoms with Crippen molar-refractivity contribution in [2.75, 3.05) is 13.6 Å². The van der Waals surface area contributed by atoms with Crippen LogP contribution in [0.15, 0.2) is 12.2 Å². The van der Waals surface area contributed by atoms with Crippen LogP contribution in [0.2, 0.25) is 140 Å². The largest absolute Gasteiger partial charge is 0.393 e. The molecule has 0 aromatic carbocycles. The van der Waals surface area contributed by atoms with Gasteiger partial charge in [0.05, 0.1) is 0 Å². The summed E-state index contributed by atoms with van der Waals surface area (Å²) in [5.74, 6) is 15.1. The zero-order valence-electron chi connectivity index (χ0n) is 56.2. The summed E-state index contributed by atoms with van der Waals surface area (Å²) in [5.41, 5.74) is 11.0. The summed E-state index contributed by atoms with van der Waals surface area (Å²) >= 11 is 0. The van der Waals surface area contributed by atoms with E-state index in [9.17, 15) is 0 Å². The monoisotopic (exact) mass is 1440 g/mol. The quantitative estimate of drug-likeness (QED) is 0.0886. The molecule has 4 nitrogen and oxygen atoms in total. The van der Waals surface area contributed by atoms with Crippen LogP contribution in [-0.2, 0) is 131 Å². The molecule has 434 valence electrons. The molecule has 4 radical (unpaired) electrons. The average molecular weight is 1440 g/mol. The number of allylic oxidation sites excluding steroid dienone is 2. The predicted octanol–water partition coefficient (Wildman–Crippen LogP) is 18.3. The van der Waals surface area contributed by atoms with Gasteiger partial charge in [-0.3, -0.25) is 0 Å². The Morgan fingerprint density at radius 3 is 0.392 bits per heavy atom. The van der Waals surface area contributed by atoms with Crippen LogP contribution in [-0.4, -0.2) is 82.5 Å². The standard InChI is InChI=1S/4C12H26Si.C10H20Si2.2CH4O2.4Y/c4*1-8-9(2)11(4)12(10(8)3)13(5,6)7;1-11(2,3)9-7-8-10-12(4,5)6;2*2-1-3;;;;/h4*8-12H,1-7H3;7-8H,1-6H3;2*2-3H,1H2;;;;/q;;;;-2;;;;;;. The Labute approximate surface area is 574 Å². The Bertz CT molecular complexity index is 1220. The molecule has 0 aliphatic heterocycles. The molecule has 0 spiro atoms. The van der Waals surface area contributed by atoms with Gasteiger partial charge in [-0.2, -0.15) is 0 Å². The normalized spacial score (nSPS) is 35.8. The van der Waals surface area contributed by atoms with Crippen molar-refractivity contribution in [3.8, 4) is 0 Å². The van der Waals surface area contributed by atoms with Gasteiger partial charge in [0, 0.05) is 163 Å². The third-order valence-corrected chi connectivity index (χ3v) is 33.9. The first-order valence-corrected chi connectivity index (χ1v) is 50.0. The number of hydrogen-bond donors (Lipinski definition) is 4. The van der Waals surface area contributed by atoms with Crippen molar-refractivity contribution in [3.63, 3.8) is 0 Å². The first-order valence-electron chi connectivity index (χ1n) is 28.7. The van der Waals surface area contributed by atoms with E-state index in [2.05, 4.69) is 240 Å². The van der Waals surface area contributed by atoms with Crippen molar-refractivity contribution in [1.82, 2.24) is 0 Å². The Kier molecular flexibility index (Phi) is 50.7. The molecule has 4 fully saturated rings. The Hall–Kier alpha value is 5.04. The molecule has 4 aliphatic rings. The summed E-state index contributed by atoms with van der Waals surface area (Å²) in [6.07, 6.45) is 4.09. The molecule has 14 heteroatoms. The zero-order valence-corrected chi connectivity index (χ0v) is 73.6. The van der Waals surface area contributed by atoms with Gasteiger partial charge in [-0.25, -0.2) is 0 Å². The maximum absolute atomic E-state index is 7.12. The summed E-state index contributed by atoms with van der Waals surface area (Å²) in [6.45, 7) is 82.1. The summed E-state index contributed by atoms with van der Waals surface area (Å²) in [4.78, 5) is 0. The van der Waals surface area contributed by atoms with E-state index >= 15 is 0 Å². The van der Waals surface area contributed by atoms with Crippen LogP contribution in [0.1, 0.15) is 111 Å². The molecular weight excluding hydrogens is 1310 g/mol. The van der Waals surface area contributed by atoms with Gasteiger partial charge in [0.1, 0.15) is 13.6 Å². The molecule has 16 unspecified atom stereocenters. The molecule has 74 heavy (non-hydrogen) atoms. The molecule has 0 aromatic heterocycles. The molecule has 4 aliphatic carbocycles. The van der Waals surface area contributed by atoms with E-state index in [4.69, 9.17) is 20.4 Å². The van der Waals surface area contributed by atoms with Gasteiger partial charge in [-0.15, -0.1) is 0 Å². The van der Waals surface area contributed by atoms with E-state index in [0.717, 1.165) is 117 Å². The van der Waals surface area contributed by atoms with E-state index in [0.29, 0.717) is 0 Å². The summed E-state index contributed by atoms with van der Waals surface area (Å²) in [5, 5.41) is 28.5. The fourth-order valence-electron chi connectivity index (χ4n) is 15.3. The molecule has 0 bridgehead atoms. The second-order valence-corrected chi connectivity index (χ2v) is 61.9. The first kappa shape index (κ1) is 92.8. The van der Waals surface area contributed by atoms with Crippen LogP contribution in [0, 0.1) is 106 Å². The third kappa shape index (κ3) is 32.0. The minimum absolute atomic E-state index is 0. The third-order valence-electron chi connectivity index (χ3n) is 19.6. The van der Waals surface area contributed by atoms with Crippen molar-refractivity contribution in [1.29, 1.82) is 0 Å². The maximum Gasteiger partial charge on any atom is 0.140 e. The van der Waals surface area contributed by atoms with Crippen LogP contribution < -0.4 is 0 Å². The molecule has 16 atom stereocenters.